The summed E-state index contributed by atoms with van der Waals surface area (Å²) in [4.78, 5) is 9.67. The van der Waals surface area contributed by atoms with Crippen LogP contribution in [0.5, 0.6) is 0 Å². The first-order chi connectivity index (χ1) is 7.40. The Kier molecular flexibility index (Phi) is 7.58. The second-order valence-corrected chi connectivity index (χ2v) is 4.61. The van der Waals surface area contributed by atoms with E-state index in [1.807, 2.05) is 27.7 Å². The highest BCUT2D eigenvalue weighted by Crippen LogP contribution is 2.25. The van der Waals surface area contributed by atoms with E-state index < -0.39 is 6.29 Å². The summed E-state index contributed by atoms with van der Waals surface area (Å²) in [5.41, 5.74) is 0.659. The van der Waals surface area contributed by atoms with Crippen molar-refractivity contribution in [3.8, 4) is 0 Å². The number of aliphatic hydroxyl groups is 1. The van der Waals surface area contributed by atoms with E-state index in [-0.39, 0.29) is 5.41 Å². The van der Waals surface area contributed by atoms with E-state index in [1.165, 1.54) is 0 Å². The lowest BCUT2D eigenvalue weighted by molar-refractivity contribution is -0.300. The lowest BCUT2D eigenvalue weighted by Crippen LogP contribution is -2.32. The molecule has 0 aromatic carbocycles. The van der Waals surface area contributed by atoms with Crippen molar-refractivity contribution < 1.29 is 19.6 Å². The van der Waals surface area contributed by atoms with E-state index in [1.54, 1.807) is 0 Å². The van der Waals surface area contributed by atoms with Crippen molar-refractivity contribution in [3.63, 3.8) is 0 Å². The van der Waals surface area contributed by atoms with Crippen LogP contribution >= 0.6 is 0 Å². The minimum Gasteiger partial charge on any atom is -0.368 e. The van der Waals surface area contributed by atoms with Gasteiger partial charge in [-0.2, -0.15) is 0 Å². The Morgan fingerprint density at radius 1 is 1.31 bits per heavy atom. The molecule has 0 aliphatic heterocycles. The normalized spacial score (nSPS) is 13.8. The highest BCUT2D eigenvalue weighted by Gasteiger charge is 2.26. The summed E-state index contributed by atoms with van der Waals surface area (Å²) in [7, 11) is 0. The molecule has 0 spiro atoms. The standard InChI is InChI=1S/C12H24O4/c1-6-12(4,5)11(13)14-7-8-15-16-9-10(2)3/h11,13H,2,6-9H2,1,3-5H3. The molecule has 0 fully saturated rings. The average Bonchev–Trinajstić information content (AvgIpc) is 2.22. The molecule has 0 aliphatic rings. The number of ether oxygens (including phenoxy) is 1. The SMILES string of the molecule is C=C(C)COOCCOC(O)C(C)(C)CC. The first kappa shape index (κ1) is 15.6. The van der Waals surface area contributed by atoms with Gasteiger partial charge in [-0.1, -0.05) is 32.9 Å². The quantitative estimate of drug-likeness (QED) is 0.218. The maximum Gasteiger partial charge on any atom is 0.159 e. The molecule has 4 heteroatoms. The molecule has 0 aromatic heterocycles. The molecule has 0 saturated heterocycles. The third-order valence-corrected chi connectivity index (χ3v) is 2.41. The summed E-state index contributed by atoms with van der Waals surface area (Å²) in [5, 5.41) is 9.69. The molecule has 0 rings (SSSR count). The van der Waals surface area contributed by atoms with E-state index in [0.717, 1.165) is 12.0 Å². The van der Waals surface area contributed by atoms with Gasteiger partial charge in [-0.05, 0) is 13.3 Å². The second-order valence-electron chi connectivity index (χ2n) is 4.61. The average molecular weight is 232 g/mol. The fraction of sp³-hybridized carbons (Fsp3) is 0.833. The van der Waals surface area contributed by atoms with Crippen LogP contribution in [0.4, 0.5) is 0 Å². The van der Waals surface area contributed by atoms with Crippen LogP contribution in [0.1, 0.15) is 34.1 Å². The van der Waals surface area contributed by atoms with Crippen LogP contribution in [0.2, 0.25) is 0 Å². The molecule has 96 valence electrons. The van der Waals surface area contributed by atoms with Crippen molar-refractivity contribution in [2.45, 2.75) is 40.4 Å². The number of hydrogen-bond donors (Lipinski definition) is 1. The van der Waals surface area contributed by atoms with Gasteiger partial charge in [0.1, 0.15) is 13.2 Å². The molecule has 1 N–H and O–H groups in total. The van der Waals surface area contributed by atoms with E-state index in [4.69, 9.17) is 14.5 Å². The third-order valence-electron chi connectivity index (χ3n) is 2.41. The van der Waals surface area contributed by atoms with Crippen molar-refractivity contribution in [1.29, 1.82) is 0 Å². The monoisotopic (exact) mass is 232 g/mol. The van der Waals surface area contributed by atoms with Crippen LogP contribution in [-0.2, 0) is 14.5 Å². The van der Waals surface area contributed by atoms with Crippen molar-refractivity contribution in [2.75, 3.05) is 19.8 Å². The first-order valence-corrected chi connectivity index (χ1v) is 5.58. The Balaban J connectivity index is 3.48. The molecular weight excluding hydrogens is 208 g/mol. The van der Waals surface area contributed by atoms with Crippen LogP contribution in [0, 0.1) is 5.41 Å². The van der Waals surface area contributed by atoms with Gasteiger partial charge in [0.25, 0.3) is 0 Å². The van der Waals surface area contributed by atoms with E-state index >= 15 is 0 Å². The fourth-order valence-corrected chi connectivity index (χ4v) is 0.795. The summed E-state index contributed by atoms with van der Waals surface area (Å²) < 4.78 is 5.23. The van der Waals surface area contributed by atoms with Crippen LogP contribution in [0.25, 0.3) is 0 Å². The van der Waals surface area contributed by atoms with Gasteiger partial charge in [-0.15, -0.1) is 0 Å². The van der Waals surface area contributed by atoms with Gasteiger partial charge < -0.3 is 9.84 Å². The third kappa shape index (κ3) is 6.95. The van der Waals surface area contributed by atoms with Gasteiger partial charge in [0, 0.05) is 5.41 Å². The van der Waals surface area contributed by atoms with Crippen LogP contribution < -0.4 is 0 Å². The maximum atomic E-state index is 9.69. The van der Waals surface area contributed by atoms with Crippen molar-refractivity contribution in [2.24, 2.45) is 5.41 Å². The van der Waals surface area contributed by atoms with E-state index in [9.17, 15) is 5.11 Å². The summed E-state index contributed by atoms with van der Waals surface area (Å²) >= 11 is 0. The summed E-state index contributed by atoms with van der Waals surface area (Å²) in [6.45, 7) is 12.4. The molecule has 1 atom stereocenters. The minimum atomic E-state index is -0.776. The Morgan fingerprint density at radius 3 is 2.44 bits per heavy atom. The Morgan fingerprint density at radius 2 is 1.94 bits per heavy atom. The van der Waals surface area contributed by atoms with Gasteiger partial charge in [-0.25, -0.2) is 9.78 Å². The first-order valence-electron chi connectivity index (χ1n) is 5.58. The molecule has 1 unspecified atom stereocenters. The number of rotatable bonds is 9. The molecule has 0 amide bonds. The largest absolute Gasteiger partial charge is 0.368 e. The molecule has 0 heterocycles. The molecule has 0 radical (unpaired) electrons. The summed E-state index contributed by atoms with van der Waals surface area (Å²) in [6, 6.07) is 0. The highest BCUT2D eigenvalue weighted by molar-refractivity contribution is 4.86. The molecule has 4 nitrogen and oxygen atoms in total. The Labute approximate surface area is 98.1 Å². The van der Waals surface area contributed by atoms with E-state index in [2.05, 4.69) is 6.58 Å². The smallest absolute Gasteiger partial charge is 0.159 e. The van der Waals surface area contributed by atoms with Gasteiger partial charge in [0.05, 0.1) is 6.61 Å². The highest BCUT2D eigenvalue weighted by atomic mass is 17.2. The molecule has 0 saturated carbocycles. The molecule has 0 aromatic rings. The second kappa shape index (κ2) is 7.79. The van der Waals surface area contributed by atoms with Crippen molar-refractivity contribution in [1.82, 2.24) is 0 Å². The lowest BCUT2D eigenvalue weighted by Gasteiger charge is -2.28. The molecule has 0 bridgehead atoms. The fourth-order valence-electron chi connectivity index (χ4n) is 0.795. The zero-order valence-electron chi connectivity index (χ0n) is 10.8. The van der Waals surface area contributed by atoms with Crippen LogP contribution in [0.15, 0.2) is 12.2 Å². The lowest BCUT2D eigenvalue weighted by atomic mass is 9.90. The zero-order valence-corrected chi connectivity index (χ0v) is 10.8. The summed E-state index contributed by atoms with van der Waals surface area (Å²) in [5.74, 6) is 0. The van der Waals surface area contributed by atoms with Gasteiger partial charge in [0.15, 0.2) is 6.29 Å². The van der Waals surface area contributed by atoms with Gasteiger partial charge in [-0.3, -0.25) is 0 Å². The van der Waals surface area contributed by atoms with Crippen molar-refractivity contribution >= 4 is 0 Å². The zero-order chi connectivity index (χ0) is 12.6. The predicted octanol–water partition coefficient (Wildman–Crippen LogP) is 2.28. The predicted molar refractivity (Wildman–Crippen MR) is 62.7 cm³/mol. The minimum absolute atomic E-state index is 0.238. The molecule has 16 heavy (non-hydrogen) atoms. The summed E-state index contributed by atoms with van der Waals surface area (Å²) in [6.07, 6.45) is 0.0727. The van der Waals surface area contributed by atoms with Gasteiger partial charge in [0.2, 0.25) is 0 Å². The van der Waals surface area contributed by atoms with Gasteiger partial charge >= 0.3 is 0 Å². The topological polar surface area (TPSA) is 47.9 Å². The van der Waals surface area contributed by atoms with Crippen LogP contribution in [-0.4, -0.2) is 31.2 Å². The van der Waals surface area contributed by atoms with Crippen molar-refractivity contribution in [3.05, 3.63) is 12.2 Å². The van der Waals surface area contributed by atoms with Crippen LogP contribution in [0.3, 0.4) is 0 Å². The maximum absolute atomic E-state index is 9.69. The van der Waals surface area contributed by atoms with E-state index in [0.29, 0.717) is 19.8 Å². The Bertz CT molecular complexity index is 201. The molecule has 0 aliphatic carbocycles. The number of aliphatic hydroxyl groups excluding tert-OH is 1. The number of hydrogen-bond acceptors (Lipinski definition) is 4. The Hall–Kier alpha value is -0.420. The molecular formula is C12H24O4.